The Morgan fingerprint density at radius 2 is 1.63 bits per heavy atom. The molecule has 1 amide bonds. The summed E-state index contributed by atoms with van der Waals surface area (Å²) in [4.78, 5) is 12.6. The quantitative estimate of drug-likeness (QED) is 0.118. The molecule has 0 saturated carbocycles. The van der Waals surface area contributed by atoms with Crippen LogP contribution in [0.15, 0.2) is 83.1 Å². The highest BCUT2D eigenvalue weighted by Gasteiger charge is 2.16. The maximum Gasteiger partial charge on any atom is 0.250 e. The standard InChI is InChI=1S/C29H27N5O3S/c1-4-34-28(21-13-14-25(36-2)26(16-21)37-3)32-33-29(34)38-18-27(35)31-30-17-24-22-11-7-5-9-19(22)15-20-10-6-8-12-23(20)24/h5-17H,4,18H2,1-3H3,(H,31,35)/b30-17-. The number of hydrogen-bond acceptors (Lipinski definition) is 7. The van der Waals surface area contributed by atoms with Gasteiger partial charge in [-0.15, -0.1) is 10.2 Å². The Morgan fingerprint density at radius 1 is 0.947 bits per heavy atom. The summed E-state index contributed by atoms with van der Waals surface area (Å²) < 4.78 is 12.7. The first kappa shape index (κ1) is 25.3. The molecule has 0 aliphatic rings. The van der Waals surface area contributed by atoms with Crippen LogP contribution in [0.2, 0.25) is 0 Å². The van der Waals surface area contributed by atoms with Gasteiger partial charge in [0.25, 0.3) is 5.91 Å². The van der Waals surface area contributed by atoms with Gasteiger partial charge in [0.2, 0.25) is 0 Å². The number of aromatic nitrogens is 3. The summed E-state index contributed by atoms with van der Waals surface area (Å²) in [5, 5.41) is 18.0. The molecule has 0 bridgehead atoms. The molecule has 5 rings (SSSR count). The minimum absolute atomic E-state index is 0.150. The van der Waals surface area contributed by atoms with Crippen LogP contribution in [0.5, 0.6) is 11.5 Å². The third-order valence-electron chi connectivity index (χ3n) is 6.20. The highest BCUT2D eigenvalue weighted by atomic mass is 32.2. The molecule has 1 heterocycles. The molecular formula is C29H27N5O3S. The van der Waals surface area contributed by atoms with Crippen LogP contribution in [0.25, 0.3) is 32.9 Å². The zero-order valence-electron chi connectivity index (χ0n) is 21.3. The Bertz CT molecular complexity index is 1590. The number of amides is 1. The molecule has 0 spiro atoms. The van der Waals surface area contributed by atoms with Crippen LogP contribution in [-0.2, 0) is 11.3 Å². The SMILES string of the molecule is CCn1c(SCC(=O)N/N=C\c2c3ccccc3cc3ccccc23)nnc1-c1ccc(OC)c(OC)c1. The van der Waals surface area contributed by atoms with Gasteiger partial charge in [-0.1, -0.05) is 60.3 Å². The average molecular weight is 526 g/mol. The van der Waals surface area contributed by atoms with Crippen LogP contribution in [0, 0.1) is 0 Å². The molecule has 38 heavy (non-hydrogen) atoms. The molecule has 1 aromatic heterocycles. The molecule has 1 N–H and O–H groups in total. The van der Waals surface area contributed by atoms with Crippen molar-refractivity contribution in [1.29, 1.82) is 0 Å². The predicted molar refractivity (Wildman–Crippen MR) is 152 cm³/mol. The van der Waals surface area contributed by atoms with E-state index >= 15 is 0 Å². The smallest absolute Gasteiger partial charge is 0.250 e. The lowest BCUT2D eigenvalue weighted by atomic mass is 9.97. The molecule has 9 heteroatoms. The van der Waals surface area contributed by atoms with Crippen LogP contribution < -0.4 is 14.9 Å². The number of thioether (sulfide) groups is 1. The molecule has 0 fully saturated rings. The molecule has 0 unspecified atom stereocenters. The van der Waals surface area contributed by atoms with Crippen molar-refractivity contribution in [2.75, 3.05) is 20.0 Å². The fraction of sp³-hybridized carbons (Fsp3) is 0.172. The first-order valence-electron chi connectivity index (χ1n) is 12.1. The van der Waals surface area contributed by atoms with Crippen molar-refractivity contribution < 1.29 is 14.3 Å². The Morgan fingerprint density at radius 3 is 2.29 bits per heavy atom. The summed E-state index contributed by atoms with van der Waals surface area (Å²) in [6.45, 7) is 2.66. The molecular weight excluding hydrogens is 498 g/mol. The fourth-order valence-electron chi connectivity index (χ4n) is 4.39. The zero-order chi connectivity index (χ0) is 26.5. The number of nitrogens with zero attached hydrogens (tertiary/aromatic N) is 4. The lowest BCUT2D eigenvalue weighted by Gasteiger charge is -2.10. The Labute approximate surface area is 224 Å². The molecule has 4 aromatic carbocycles. The minimum Gasteiger partial charge on any atom is -0.493 e. The molecule has 0 atom stereocenters. The number of nitrogens with one attached hydrogen (secondary N) is 1. The second-order valence-electron chi connectivity index (χ2n) is 8.43. The van der Waals surface area contributed by atoms with Crippen molar-refractivity contribution in [3.8, 4) is 22.9 Å². The van der Waals surface area contributed by atoms with E-state index in [1.165, 1.54) is 11.8 Å². The van der Waals surface area contributed by atoms with Crippen LogP contribution in [0.4, 0.5) is 0 Å². The van der Waals surface area contributed by atoms with Gasteiger partial charge in [-0.3, -0.25) is 4.79 Å². The maximum absolute atomic E-state index is 12.6. The number of hydrazone groups is 1. The summed E-state index contributed by atoms with van der Waals surface area (Å²) in [6, 6.07) is 24.1. The van der Waals surface area contributed by atoms with Gasteiger partial charge in [-0.25, -0.2) is 5.43 Å². The fourth-order valence-corrected chi connectivity index (χ4v) is 5.18. The van der Waals surface area contributed by atoms with E-state index in [4.69, 9.17) is 9.47 Å². The molecule has 0 saturated heterocycles. The van der Waals surface area contributed by atoms with Gasteiger partial charge in [0.15, 0.2) is 22.5 Å². The molecule has 5 aromatic rings. The third-order valence-corrected chi connectivity index (χ3v) is 7.17. The van der Waals surface area contributed by atoms with E-state index in [2.05, 4.69) is 51.1 Å². The molecule has 8 nitrogen and oxygen atoms in total. The molecule has 0 aliphatic carbocycles. The monoisotopic (exact) mass is 525 g/mol. The summed E-state index contributed by atoms with van der Waals surface area (Å²) in [5.74, 6) is 1.87. The number of carbonyl (C=O) groups is 1. The van der Waals surface area contributed by atoms with Crippen LogP contribution in [-0.4, -0.2) is 46.9 Å². The Balaban J connectivity index is 1.30. The molecule has 0 radical (unpaired) electrons. The van der Waals surface area contributed by atoms with Crippen molar-refractivity contribution in [3.05, 3.63) is 78.4 Å². The van der Waals surface area contributed by atoms with Crippen LogP contribution in [0.1, 0.15) is 12.5 Å². The van der Waals surface area contributed by atoms with E-state index < -0.39 is 0 Å². The van der Waals surface area contributed by atoms with Crippen LogP contribution in [0.3, 0.4) is 0 Å². The molecule has 0 aliphatic heterocycles. The van der Waals surface area contributed by atoms with E-state index in [0.717, 1.165) is 32.7 Å². The van der Waals surface area contributed by atoms with E-state index in [9.17, 15) is 4.79 Å². The maximum atomic E-state index is 12.6. The summed E-state index contributed by atoms with van der Waals surface area (Å²) in [6.07, 6.45) is 1.72. The first-order chi connectivity index (χ1) is 18.6. The van der Waals surface area contributed by atoms with Crippen molar-refractivity contribution in [2.24, 2.45) is 5.10 Å². The Hall–Kier alpha value is -4.37. The number of fused-ring (bicyclic) bond motifs is 2. The number of benzene rings is 4. The average Bonchev–Trinajstić information content (AvgIpc) is 3.38. The van der Waals surface area contributed by atoms with Crippen LogP contribution >= 0.6 is 11.8 Å². The lowest BCUT2D eigenvalue weighted by Crippen LogP contribution is -2.20. The molecule has 192 valence electrons. The van der Waals surface area contributed by atoms with Gasteiger partial charge < -0.3 is 14.0 Å². The Kier molecular flexibility index (Phi) is 7.55. The number of carbonyl (C=O) groups excluding carboxylic acids is 1. The lowest BCUT2D eigenvalue weighted by molar-refractivity contribution is -0.118. The minimum atomic E-state index is -0.228. The summed E-state index contributed by atoms with van der Waals surface area (Å²) >= 11 is 1.31. The topological polar surface area (TPSA) is 90.6 Å². The van der Waals surface area contributed by atoms with Crippen molar-refractivity contribution in [1.82, 2.24) is 20.2 Å². The second-order valence-corrected chi connectivity index (χ2v) is 9.38. The normalized spacial score (nSPS) is 11.3. The van der Waals surface area contributed by atoms with E-state index in [1.54, 1.807) is 20.4 Å². The zero-order valence-corrected chi connectivity index (χ0v) is 22.2. The van der Waals surface area contributed by atoms with Crippen molar-refractivity contribution in [3.63, 3.8) is 0 Å². The highest BCUT2D eigenvalue weighted by molar-refractivity contribution is 7.99. The largest absolute Gasteiger partial charge is 0.493 e. The number of rotatable bonds is 9. The third kappa shape index (κ3) is 5.05. The van der Waals surface area contributed by atoms with Gasteiger partial charge in [-0.05, 0) is 52.7 Å². The van der Waals surface area contributed by atoms with Gasteiger partial charge in [0, 0.05) is 17.7 Å². The van der Waals surface area contributed by atoms with Crippen molar-refractivity contribution in [2.45, 2.75) is 18.6 Å². The predicted octanol–water partition coefficient (Wildman–Crippen LogP) is 5.53. The van der Waals surface area contributed by atoms with E-state index in [1.807, 2.05) is 54.0 Å². The first-order valence-corrected chi connectivity index (χ1v) is 13.1. The van der Waals surface area contributed by atoms with Gasteiger partial charge >= 0.3 is 0 Å². The highest BCUT2D eigenvalue weighted by Crippen LogP contribution is 2.33. The number of ether oxygens (including phenoxy) is 2. The van der Waals surface area contributed by atoms with Gasteiger partial charge in [-0.2, -0.15) is 5.10 Å². The number of methoxy groups -OCH3 is 2. The van der Waals surface area contributed by atoms with Gasteiger partial charge in [0.05, 0.1) is 26.2 Å². The van der Waals surface area contributed by atoms with Crippen molar-refractivity contribution >= 4 is 45.4 Å². The summed E-state index contributed by atoms with van der Waals surface area (Å²) in [5.41, 5.74) is 4.47. The van der Waals surface area contributed by atoms with Gasteiger partial charge in [0.1, 0.15) is 0 Å². The summed E-state index contributed by atoms with van der Waals surface area (Å²) in [7, 11) is 3.19. The van der Waals surface area contributed by atoms with E-state index in [-0.39, 0.29) is 11.7 Å². The van der Waals surface area contributed by atoms with E-state index in [0.29, 0.717) is 29.0 Å². The second kappa shape index (κ2) is 11.4. The number of hydrogen-bond donors (Lipinski definition) is 1.